The van der Waals surface area contributed by atoms with E-state index in [4.69, 9.17) is 31.6 Å². The average Bonchev–Trinajstić information content (AvgIpc) is 3.18. The summed E-state index contributed by atoms with van der Waals surface area (Å²) in [6, 6.07) is 21.0. The minimum absolute atomic E-state index is 0.0885. The molecule has 0 radical (unpaired) electrons. The van der Waals surface area contributed by atoms with Crippen molar-refractivity contribution >= 4 is 49.1 Å². The quantitative estimate of drug-likeness (QED) is 0.171. The monoisotopic (exact) mass is 602 g/mol. The molecule has 0 aromatic heterocycles. The van der Waals surface area contributed by atoms with Gasteiger partial charge in [0.1, 0.15) is 21.3 Å². The minimum Gasteiger partial charge on any atom is -0.379 e. The fraction of sp³-hybridized carbons (Fsp3) is 0.0741. The van der Waals surface area contributed by atoms with Gasteiger partial charge >= 0.3 is 20.2 Å². The second kappa shape index (κ2) is 10.2. The minimum atomic E-state index is -4.19. The molecule has 12 heteroatoms. The third-order valence-electron chi connectivity index (χ3n) is 5.70. The van der Waals surface area contributed by atoms with Gasteiger partial charge in [0.25, 0.3) is 0 Å². The van der Waals surface area contributed by atoms with Crippen LogP contribution in [0, 0.1) is 0 Å². The van der Waals surface area contributed by atoms with Crippen LogP contribution in [-0.4, -0.2) is 41.7 Å². The van der Waals surface area contributed by atoms with Crippen molar-refractivity contribution in [3.05, 3.63) is 106 Å². The predicted octanol–water partition coefficient (Wildman–Crippen LogP) is 5.82. The third kappa shape index (κ3) is 5.60. The second-order valence-electron chi connectivity index (χ2n) is 8.69. The molecule has 0 N–H and O–H groups in total. The van der Waals surface area contributed by atoms with E-state index in [9.17, 15) is 16.8 Å². The molecule has 4 aromatic carbocycles. The molecule has 8 nitrogen and oxygen atoms in total. The fourth-order valence-corrected chi connectivity index (χ4v) is 6.17. The summed E-state index contributed by atoms with van der Waals surface area (Å²) < 4.78 is 62.8. The van der Waals surface area contributed by atoms with Gasteiger partial charge in [-0.05, 0) is 83.9 Å². The summed E-state index contributed by atoms with van der Waals surface area (Å²) in [5.41, 5.74) is 2.80. The summed E-state index contributed by atoms with van der Waals surface area (Å²) in [4.78, 5) is -0.177. The highest BCUT2D eigenvalue weighted by atomic mass is 35.5. The number of hydrazone groups is 1. The molecule has 0 fully saturated rings. The van der Waals surface area contributed by atoms with Gasteiger partial charge in [0.15, 0.2) is 0 Å². The van der Waals surface area contributed by atoms with E-state index in [1.807, 2.05) is 0 Å². The van der Waals surface area contributed by atoms with Crippen molar-refractivity contribution in [1.29, 1.82) is 0 Å². The Kier molecular flexibility index (Phi) is 7.06. The van der Waals surface area contributed by atoms with Gasteiger partial charge in [-0.1, -0.05) is 35.3 Å². The number of hydrogen-bond acceptors (Lipinski definition) is 8. The zero-order chi connectivity index (χ0) is 27.9. The first-order chi connectivity index (χ1) is 18.4. The van der Waals surface area contributed by atoms with Crippen LogP contribution in [0.1, 0.15) is 11.1 Å². The van der Waals surface area contributed by atoms with Gasteiger partial charge in [-0.3, -0.25) is 0 Å². The van der Waals surface area contributed by atoms with E-state index in [-0.39, 0.29) is 21.3 Å². The van der Waals surface area contributed by atoms with Gasteiger partial charge in [0.2, 0.25) is 0 Å². The van der Waals surface area contributed by atoms with Gasteiger partial charge in [-0.25, -0.2) is 0 Å². The maximum Gasteiger partial charge on any atom is 0.339 e. The van der Waals surface area contributed by atoms with Crippen LogP contribution in [0.15, 0.2) is 99.8 Å². The average molecular weight is 604 g/mol. The Morgan fingerprint density at radius 3 is 1.33 bits per heavy atom. The highest BCUT2D eigenvalue weighted by Gasteiger charge is 2.30. The normalized spacial score (nSPS) is 12.5. The highest BCUT2D eigenvalue weighted by molar-refractivity contribution is 7.87. The molecular formula is C27H20Cl2N2O6S2. The molecule has 200 valence electrons. The Labute approximate surface area is 236 Å². The Morgan fingerprint density at radius 2 is 0.974 bits per heavy atom. The Balaban J connectivity index is 1.54. The van der Waals surface area contributed by atoms with Crippen molar-refractivity contribution < 1.29 is 25.2 Å². The van der Waals surface area contributed by atoms with Crippen molar-refractivity contribution in [2.24, 2.45) is 5.10 Å². The lowest BCUT2D eigenvalue weighted by Crippen LogP contribution is -2.13. The first-order valence-corrected chi connectivity index (χ1v) is 15.0. The lowest BCUT2D eigenvalue weighted by atomic mass is 10.1. The van der Waals surface area contributed by atoms with Crippen LogP contribution in [0.2, 0.25) is 10.0 Å². The maximum absolute atomic E-state index is 13.1. The third-order valence-corrected chi connectivity index (χ3v) is 8.69. The van der Waals surface area contributed by atoms with Crippen LogP contribution in [0.4, 0.5) is 0 Å². The fourth-order valence-electron chi connectivity index (χ4n) is 4.00. The van der Waals surface area contributed by atoms with Crippen molar-refractivity contribution in [3.63, 3.8) is 0 Å². The van der Waals surface area contributed by atoms with Crippen LogP contribution in [-0.2, 0) is 20.2 Å². The van der Waals surface area contributed by atoms with Crippen molar-refractivity contribution in [2.75, 3.05) is 14.1 Å². The van der Waals surface area contributed by atoms with Crippen LogP contribution in [0.3, 0.4) is 0 Å². The number of rotatable bonds is 7. The van der Waals surface area contributed by atoms with Crippen molar-refractivity contribution in [2.45, 2.75) is 9.79 Å². The van der Waals surface area contributed by atoms with E-state index in [2.05, 4.69) is 5.10 Å². The molecule has 5 rings (SSSR count). The number of nitrogens with zero attached hydrogens (tertiary/aromatic N) is 2. The van der Waals surface area contributed by atoms with E-state index in [1.165, 1.54) is 72.8 Å². The van der Waals surface area contributed by atoms with Crippen molar-refractivity contribution in [3.8, 4) is 22.6 Å². The molecule has 0 saturated heterocycles. The molecule has 0 spiro atoms. The Hall–Kier alpha value is -3.57. The van der Waals surface area contributed by atoms with Crippen molar-refractivity contribution in [1.82, 2.24) is 5.01 Å². The Morgan fingerprint density at radius 1 is 0.590 bits per heavy atom. The standard InChI is InChI=1S/C27H20Cl2N2O6S2/c1-31(2)30-27-25-15-21(38(32,33)36-19-7-3-17(28)4-8-19)11-13-23(25)24-14-12-22(16-26(24)27)39(34,35)37-20-9-5-18(29)6-10-20/h3-16H,1-2H3. The predicted molar refractivity (Wildman–Crippen MR) is 150 cm³/mol. The van der Waals surface area contributed by atoms with Gasteiger partial charge < -0.3 is 13.4 Å². The van der Waals surface area contributed by atoms with E-state index < -0.39 is 20.2 Å². The topological polar surface area (TPSA) is 102 Å². The number of halogens is 2. The molecule has 0 bridgehead atoms. The Bertz CT molecular complexity index is 1690. The first-order valence-electron chi connectivity index (χ1n) is 11.4. The lowest BCUT2D eigenvalue weighted by Gasteiger charge is -2.11. The number of hydrogen-bond donors (Lipinski definition) is 0. The van der Waals surface area contributed by atoms with E-state index in [0.717, 1.165) is 0 Å². The maximum atomic E-state index is 13.1. The first kappa shape index (κ1) is 27.0. The zero-order valence-corrected chi connectivity index (χ0v) is 23.6. The summed E-state index contributed by atoms with van der Waals surface area (Å²) in [5, 5.41) is 6.98. The molecule has 39 heavy (non-hydrogen) atoms. The van der Waals surface area contributed by atoms with Gasteiger partial charge in [-0.15, -0.1) is 0 Å². The number of benzene rings is 4. The van der Waals surface area contributed by atoms with E-state index in [0.29, 0.717) is 38.0 Å². The summed E-state index contributed by atoms with van der Waals surface area (Å²) >= 11 is 11.8. The molecule has 0 atom stereocenters. The molecular weight excluding hydrogens is 583 g/mol. The largest absolute Gasteiger partial charge is 0.379 e. The van der Waals surface area contributed by atoms with Crippen LogP contribution in [0.5, 0.6) is 11.5 Å². The van der Waals surface area contributed by atoms with Gasteiger partial charge in [0, 0.05) is 35.3 Å². The molecule has 1 aliphatic rings. The zero-order valence-electron chi connectivity index (χ0n) is 20.5. The summed E-state index contributed by atoms with van der Waals surface area (Å²) in [5.74, 6) is 0.224. The van der Waals surface area contributed by atoms with Gasteiger partial charge in [0.05, 0.1) is 5.71 Å². The summed E-state index contributed by atoms with van der Waals surface area (Å²) in [6.07, 6.45) is 0. The van der Waals surface area contributed by atoms with Crippen LogP contribution >= 0.6 is 23.2 Å². The lowest BCUT2D eigenvalue weighted by molar-refractivity contribution is 0.438. The summed E-state index contributed by atoms with van der Waals surface area (Å²) in [6.45, 7) is 0. The second-order valence-corrected chi connectivity index (χ2v) is 12.7. The molecule has 0 amide bonds. The molecule has 0 unspecified atom stereocenters. The van der Waals surface area contributed by atoms with E-state index in [1.54, 1.807) is 31.2 Å². The molecule has 0 saturated carbocycles. The molecule has 0 aliphatic heterocycles. The SMILES string of the molecule is CN(C)N=C1c2cc(S(=O)(=O)Oc3ccc(Cl)cc3)ccc2-c2ccc(S(=O)(=O)Oc3ccc(Cl)cc3)cc21. The van der Waals surface area contributed by atoms with Crippen LogP contribution in [0.25, 0.3) is 11.1 Å². The smallest absolute Gasteiger partial charge is 0.339 e. The van der Waals surface area contributed by atoms with Gasteiger partial charge in [-0.2, -0.15) is 21.9 Å². The summed E-state index contributed by atoms with van der Waals surface area (Å²) in [7, 11) is -4.97. The molecule has 1 aliphatic carbocycles. The molecule has 4 aromatic rings. The molecule has 0 heterocycles. The van der Waals surface area contributed by atoms with E-state index >= 15 is 0 Å². The highest BCUT2D eigenvalue weighted by Crippen LogP contribution is 2.40. The number of fused-ring (bicyclic) bond motifs is 3. The van der Waals surface area contributed by atoms with Crippen LogP contribution < -0.4 is 8.37 Å².